The third kappa shape index (κ3) is 5.40. The normalized spacial score (nSPS) is 11.3. The van der Waals surface area contributed by atoms with Crippen LogP contribution in [-0.4, -0.2) is 38.2 Å². The molecule has 0 aliphatic heterocycles. The molecule has 0 bridgehead atoms. The number of benzene rings is 2. The summed E-state index contributed by atoms with van der Waals surface area (Å²) in [7, 11) is 0. The maximum absolute atomic E-state index is 11.3. The predicted molar refractivity (Wildman–Crippen MR) is 126 cm³/mol. The van der Waals surface area contributed by atoms with Gasteiger partial charge in [-0.3, -0.25) is 4.98 Å². The Balaban J connectivity index is 1.42. The standard InChI is InChI=1S/C26H25N3O5/c1-17-21(29-24(33-17)18-8-5-4-6-9-18)12-13-32-23-16-27-15-22(28-23)19-10-7-11-20(14-19)34-26(2,3)25(30)31/h4-11,14-16H,12-13H2,1-3H3,(H,30,31). The first kappa shape index (κ1) is 23.0. The van der Waals surface area contributed by atoms with Crippen molar-refractivity contribution in [3.05, 3.63) is 78.4 Å². The van der Waals surface area contributed by atoms with Gasteiger partial charge in [0.1, 0.15) is 11.5 Å². The Hall–Kier alpha value is -4.20. The molecule has 0 unspecified atom stereocenters. The SMILES string of the molecule is Cc1oc(-c2ccccc2)nc1CCOc1cncc(-c2cccc(OC(C)(C)C(=O)O)c2)n1. The summed E-state index contributed by atoms with van der Waals surface area (Å²) in [6, 6.07) is 16.8. The minimum Gasteiger partial charge on any atom is -0.478 e. The van der Waals surface area contributed by atoms with E-state index in [-0.39, 0.29) is 0 Å². The molecule has 0 saturated carbocycles. The highest BCUT2D eigenvalue weighted by atomic mass is 16.5. The summed E-state index contributed by atoms with van der Waals surface area (Å²) in [5.74, 6) is 1.09. The van der Waals surface area contributed by atoms with Crippen molar-refractivity contribution < 1.29 is 23.8 Å². The highest BCUT2D eigenvalue weighted by Crippen LogP contribution is 2.26. The summed E-state index contributed by atoms with van der Waals surface area (Å²) in [5, 5.41) is 9.29. The second-order valence-electron chi connectivity index (χ2n) is 8.17. The average Bonchev–Trinajstić information content (AvgIpc) is 3.20. The van der Waals surface area contributed by atoms with Gasteiger partial charge in [0.25, 0.3) is 0 Å². The monoisotopic (exact) mass is 459 g/mol. The number of aromatic nitrogens is 3. The summed E-state index contributed by atoms with van der Waals surface area (Å²) < 4.78 is 17.2. The van der Waals surface area contributed by atoms with Crippen LogP contribution in [0.5, 0.6) is 11.6 Å². The summed E-state index contributed by atoms with van der Waals surface area (Å²) in [6.45, 7) is 5.23. The Labute approximate surface area is 197 Å². The Morgan fingerprint density at radius 3 is 2.56 bits per heavy atom. The minimum absolute atomic E-state index is 0.357. The van der Waals surface area contributed by atoms with Gasteiger partial charge in [0.15, 0.2) is 5.60 Å². The van der Waals surface area contributed by atoms with Crippen molar-refractivity contribution in [3.8, 4) is 34.3 Å². The van der Waals surface area contributed by atoms with Crippen molar-refractivity contribution in [2.24, 2.45) is 0 Å². The Morgan fingerprint density at radius 1 is 1.03 bits per heavy atom. The van der Waals surface area contributed by atoms with E-state index in [0.29, 0.717) is 36.2 Å². The van der Waals surface area contributed by atoms with Gasteiger partial charge in [-0.2, -0.15) is 0 Å². The number of nitrogens with zero attached hydrogens (tertiary/aromatic N) is 3. The van der Waals surface area contributed by atoms with Crippen LogP contribution in [0.3, 0.4) is 0 Å². The number of hydrogen-bond acceptors (Lipinski definition) is 7. The largest absolute Gasteiger partial charge is 0.478 e. The molecule has 8 heteroatoms. The van der Waals surface area contributed by atoms with Crippen molar-refractivity contribution in [1.82, 2.24) is 15.0 Å². The van der Waals surface area contributed by atoms with Gasteiger partial charge in [0.05, 0.1) is 30.4 Å². The average molecular weight is 460 g/mol. The van der Waals surface area contributed by atoms with Crippen LogP contribution in [-0.2, 0) is 11.2 Å². The maximum Gasteiger partial charge on any atom is 0.347 e. The molecule has 2 heterocycles. The first-order chi connectivity index (χ1) is 16.3. The molecule has 0 aliphatic rings. The number of carbonyl (C=O) groups is 1. The van der Waals surface area contributed by atoms with Crippen molar-refractivity contribution in [2.45, 2.75) is 32.8 Å². The molecule has 2 aromatic carbocycles. The van der Waals surface area contributed by atoms with E-state index < -0.39 is 11.6 Å². The molecule has 4 aromatic rings. The number of aliphatic carboxylic acids is 1. The zero-order chi connectivity index (χ0) is 24.1. The van der Waals surface area contributed by atoms with Gasteiger partial charge in [-0.1, -0.05) is 30.3 Å². The summed E-state index contributed by atoms with van der Waals surface area (Å²) in [6.07, 6.45) is 3.71. The zero-order valence-electron chi connectivity index (χ0n) is 19.2. The van der Waals surface area contributed by atoms with Crippen molar-refractivity contribution in [1.29, 1.82) is 0 Å². The van der Waals surface area contributed by atoms with Gasteiger partial charge < -0.3 is 19.0 Å². The Bertz CT molecular complexity index is 1280. The van der Waals surface area contributed by atoms with E-state index in [9.17, 15) is 9.90 Å². The van der Waals surface area contributed by atoms with Gasteiger partial charge in [-0.05, 0) is 45.0 Å². The molecule has 2 aromatic heterocycles. The first-order valence-corrected chi connectivity index (χ1v) is 10.8. The summed E-state index contributed by atoms with van der Waals surface area (Å²) >= 11 is 0. The second kappa shape index (κ2) is 9.74. The van der Waals surface area contributed by atoms with E-state index in [1.54, 1.807) is 30.6 Å². The van der Waals surface area contributed by atoms with E-state index in [1.165, 1.54) is 13.8 Å². The minimum atomic E-state index is -1.35. The van der Waals surface area contributed by atoms with Crippen molar-refractivity contribution in [3.63, 3.8) is 0 Å². The van der Waals surface area contributed by atoms with E-state index in [4.69, 9.17) is 13.9 Å². The molecule has 8 nitrogen and oxygen atoms in total. The van der Waals surface area contributed by atoms with Crippen LogP contribution in [0.25, 0.3) is 22.7 Å². The molecule has 0 spiro atoms. The molecule has 0 amide bonds. The summed E-state index contributed by atoms with van der Waals surface area (Å²) in [5.41, 5.74) is 1.72. The first-order valence-electron chi connectivity index (χ1n) is 10.8. The van der Waals surface area contributed by atoms with Crippen LogP contribution in [0, 0.1) is 6.92 Å². The molecule has 0 radical (unpaired) electrons. The fraction of sp³-hybridized carbons (Fsp3) is 0.231. The van der Waals surface area contributed by atoms with E-state index in [2.05, 4.69) is 15.0 Å². The molecule has 0 atom stereocenters. The number of oxazole rings is 1. The van der Waals surface area contributed by atoms with E-state index >= 15 is 0 Å². The topological polar surface area (TPSA) is 108 Å². The van der Waals surface area contributed by atoms with E-state index in [1.807, 2.05) is 43.3 Å². The number of carboxylic acids is 1. The van der Waals surface area contributed by atoms with Crippen LogP contribution in [0.15, 0.2) is 71.4 Å². The lowest BCUT2D eigenvalue weighted by Gasteiger charge is -2.21. The second-order valence-corrected chi connectivity index (χ2v) is 8.17. The Morgan fingerprint density at radius 2 is 1.79 bits per heavy atom. The number of aryl methyl sites for hydroxylation is 1. The van der Waals surface area contributed by atoms with Gasteiger partial charge in [0, 0.05) is 17.5 Å². The van der Waals surface area contributed by atoms with Gasteiger partial charge in [-0.15, -0.1) is 0 Å². The highest BCUT2D eigenvalue weighted by molar-refractivity contribution is 5.77. The third-order valence-electron chi connectivity index (χ3n) is 5.13. The predicted octanol–water partition coefficient (Wildman–Crippen LogP) is 4.97. The number of hydrogen-bond donors (Lipinski definition) is 1. The highest BCUT2D eigenvalue weighted by Gasteiger charge is 2.29. The lowest BCUT2D eigenvalue weighted by Crippen LogP contribution is -2.37. The molecule has 1 N–H and O–H groups in total. The quantitative estimate of drug-likeness (QED) is 0.374. The van der Waals surface area contributed by atoms with Crippen LogP contribution in [0.1, 0.15) is 25.3 Å². The van der Waals surface area contributed by atoms with Crippen molar-refractivity contribution in [2.75, 3.05) is 6.61 Å². The maximum atomic E-state index is 11.3. The van der Waals surface area contributed by atoms with Gasteiger partial charge >= 0.3 is 5.97 Å². The number of carboxylic acid groups (broad SMARTS) is 1. The molecular formula is C26H25N3O5. The van der Waals surface area contributed by atoms with Gasteiger partial charge in [-0.25, -0.2) is 14.8 Å². The number of rotatable bonds is 9. The van der Waals surface area contributed by atoms with Crippen LogP contribution >= 0.6 is 0 Å². The van der Waals surface area contributed by atoms with Gasteiger partial charge in [0.2, 0.25) is 11.8 Å². The summed E-state index contributed by atoms with van der Waals surface area (Å²) in [4.78, 5) is 24.7. The Kier molecular flexibility index (Phi) is 6.58. The molecular weight excluding hydrogens is 434 g/mol. The van der Waals surface area contributed by atoms with Crippen LogP contribution < -0.4 is 9.47 Å². The molecule has 0 fully saturated rings. The smallest absolute Gasteiger partial charge is 0.347 e. The van der Waals surface area contributed by atoms with Crippen LogP contribution in [0.2, 0.25) is 0 Å². The number of ether oxygens (including phenoxy) is 2. The zero-order valence-corrected chi connectivity index (χ0v) is 19.2. The fourth-order valence-corrected chi connectivity index (χ4v) is 3.23. The molecule has 174 valence electrons. The van der Waals surface area contributed by atoms with E-state index in [0.717, 1.165) is 22.6 Å². The molecule has 0 aliphatic carbocycles. The van der Waals surface area contributed by atoms with Crippen LogP contribution in [0.4, 0.5) is 0 Å². The lowest BCUT2D eigenvalue weighted by molar-refractivity contribution is -0.152. The molecule has 34 heavy (non-hydrogen) atoms. The molecule has 0 saturated heterocycles. The molecule has 4 rings (SSSR count). The fourth-order valence-electron chi connectivity index (χ4n) is 3.23. The lowest BCUT2D eigenvalue weighted by atomic mass is 10.1. The third-order valence-corrected chi connectivity index (χ3v) is 5.13. The van der Waals surface area contributed by atoms with Crippen molar-refractivity contribution >= 4 is 5.97 Å².